The van der Waals surface area contributed by atoms with E-state index in [4.69, 9.17) is 4.20 Å². The number of benzene rings is 4. The smallest absolute Gasteiger partial charge is 0.250 e. The van der Waals surface area contributed by atoms with Gasteiger partial charge in [-0.3, -0.25) is 0 Å². The van der Waals surface area contributed by atoms with E-state index >= 15 is 0 Å². The molecule has 0 amide bonds. The van der Waals surface area contributed by atoms with Crippen LogP contribution in [0.1, 0.15) is 68.0 Å². The molecule has 0 N–H and O–H groups in total. The molecule has 0 saturated heterocycles. The van der Waals surface area contributed by atoms with Gasteiger partial charge in [0, 0.05) is 16.2 Å². The molecule has 2 nitrogen and oxygen atoms in total. The Morgan fingerprint density at radius 1 is 0.622 bits per heavy atom. The first-order chi connectivity index (χ1) is 17.4. The predicted octanol–water partition coefficient (Wildman–Crippen LogP) is 10.6. The maximum atomic E-state index is 11.8. The largest absolute Gasteiger partial charge is 0.597 e. The molecular weight excluding hydrogens is 471 g/mol. The van der Waals surface area contributed by atoms with Crippen LogP contribution in [0.5, 0.6) is 0 Å². The Bertz CT molecular complexity index is 1590. The Hall–Kier alpha value is -3.22. The Morgan fingerprint density at radius 2 is 1.14 bits per heavy atom. The van der Waals surface area contributed by atoms with Crippen LogP contribution in [-0.4, -0.2) is 0 Å². The lowest BCUT2D eigenvalue weighted by molar-refractivity contribution is 0.563. The highest BCUT2D eigenvalue weighted by molar-refractivity contribution is 7.37. The molecule has 37 heavy (non-hydrogen) atoms. The van der Waals surface area contributed by atoms with Crippen molar-refractivity contribution in [3.8, 4) is 0 Å². The molecule has 1 heterocycles. The van der Waals surface area contributed by atoms with Gasteiger partial charge in [-0.2, -0.15) is 0 Å². The zero-order valence-corrected chi connectivity index (χ0v) is 24.2. The van der Waals surface area contributed by atoms with Gasteiger partial charge >= 0.3 is 7.65 Å². The number of aryl methyl sites for hydroxylation is 2. The molecule has 0 bridgehead atoms. The van der Waals surface area contributed by atoms with E-state index in [2.05, 4.69) is 91.8 Å². The van der Waals surface area contributed by atoms with Crippen molar-refractivity contribution in [1.29, 1.82) is 0 Å². The van der Waals surface area contributed by atoms with Gasteiger partial charge in [-0.15, -0.1) is 0 Å². The van der Waals surface area contributed by atoms with Crippen LogP contribution in [0.15, 0.2) is 89.1 Å². The average Bonchev–Trinajstić information content (AvgIpc) is 2.87. The lowest BCUT2D eigenvalue weighted by Gasteiger charge is -2.29. The molecule has 1 atom stereocenters. The number of para-hydroxylation sites is 1. The Kier molecular flexibility index (Phi) is 7.45. The molecule has 0 aliphatic heterocycles. The monoisotopic (exact) mass is 509 g/mol. The van der Waals surface area contributed by atoms with Gasteiger partial charge in [0.2, 0.25) is 5.12 Å². The minimum absolute atomic E-state index is 0.0274. The van der Waals surface area contributed by atoms with Gasteiger partial charge in [0.15, 0.2) is 5.58 Å². The third-order valence-electron chi connectivity index (χ3n) is 7.58. The standard InChI is InChI=1S/C22H30.C12H8O2P/c1-15-13-20(14-16(2)17(15)3)22(7,8)19-11-9-18(10-12-19)21(4,5)6;13-15-12-8-4-2-6-10(12)9-5-1-3-7-11(9)14-15/h9-14H,1-8H3;1-8H/q;+1. The van der Waals surface area contributed by atoms with Crippen LogP contribution in [0.2, 0.25) is 0 Å². The molecule has 0 fully saturated rings. The lowest BCUT2D eigenvalue weighted by Crippen LogP contribution is -2.20. The SMILES string of the molecule is Cc1cc(C(C)(C)c2ccc(C(C)(C)C)cc2)cc(C)c1C.O=[p+]1oc2ccccc2c2ccccc21. The molecule has 3 heteroatoms. The number of fused-ring (bicyclic) bond motifs is 3. The summed E-state index contributed by atoms with van der Waals surface area (Å²) in [5, 5.41) is 2.81. The first kappa shape index (κ1) is 26.8. The van der Waals surface area contributed by atoms with Gasteiger partial charge in [-0.1, -0.05) is 101 Å². The van der Waals surface area contributed by atoms with E-state index in [0.717, 1.165) is 15.9 Å². The fourth-order valence-electron chi connectivity index (χ4n) is 4.72. The highest BCUT2D eigenvalue weighted by atomic mass is 31.1. The highest BCUT2D eigenvalue weighted by Crippen LogP contribution is 2.36. The summed E-state index contributed by atoms with van der Waals surface area (Å²) in [4.78, 5) is 0. The second-order valence-electron chi connectivity index (χ2n) is 11.5. The summed E-state index contributed by atoms with van der Waals surface area (Å²) in [7, 11) is -1.74. The van der Waals surface area contributed by atoms with Gasteiger partial charge in [0.1, 0.15) is 0 Å². The van der Waals surface area contributed by atoms with E-state index in [1.165, 1.54) is 33.4 Å². The van der Waals surface area contributed by atoms with E-state index < -0.39 is 7.65 Å². The minimum Gasteiger partial charge on any atom is -0.250 e. The van der Waals surface area contributed by atoms with Crippen molar-refractivity contribution in [3.63, 3.8) is 0 Å². The van der Waals surface area contributed by atoms with Crippen molar-refractivity contribution in [3.05, 3.63) is 118 Å². The molecule has 0 radical (unpaired) electrons. The first-order valence-corrected chi connectivity index (χ1v) is 14.1. The predicted molar refractivity (Wildman–Crippen MR) is 159 cm³/mol. The number of rotatable bonds is 2. The van der Waals surface area contributed by atoms with Crippen molar-refractivity contribution >= 4 is 29.1 Å². The molecule has 1 aromatic heterocycles. The van der Waals surface area contributed by atoms with Crippen LogP contribution in [0.4, 0.5) is 0 Å². The fraction of sp³-hybridized carbons (Fsp3) is 0.294. The van der Waals surface area contributed by atoms with Gasteiger partial charge < -0.3 is 0 Å². The summed E-state index contributed by atoms with van der Waals surface area (Å²) in [6.07, 6.45) is 0. The minimum atomic E-state index is -1.74. The van der Waals surface area contributed by atoms with Crippen molar-refractivity contribution in [2.45, 2.75) is 66.2 Å². The number of hydrogen-bond acceptors (Lipinski definition) is 2. The van der Waals surface area contributed by atoms with Crippen molar-refractivity contribution in [1.82, 2.24) is 0 Å². The van der Waals surface area contributed by atoms with Crippen LogP contribution >= 0.6 is 7.65 Å². The van der Waals surface area contributed by atoms with E-state index in [0.29, 0.717) is 5.58 Å². The quantitative estimate of drug-likeness (QED) is 0.222. The first-order valence-electron chi connectivity index (χ1n) is 12.9. The number of hydrogen-bond donors (Lipinski definition) is 0. The van der Waals surface area contributed by atoms with E-state index in [-0.39, 0.29) is 10.8 Å². The molecule has 0 aliphatic carbocycles. The van der Waals surface area contributed by atoms with Crippen molar-refractivity contribution in [2.75, 3.05) is 0 Å². The molecule has 0 saturated carbocycles. The maximum absolute atomic E-state index is 11.8. The maximum Gasteiger partial charge on any atom is 0.597 e. The Morgan fingerprint density at radius 3 is 1.73 bits per heavy atom. The van der Waals surface area contributed by atoms with Crippen LogP contribution in [0, 0.1) is 20.8 Å². The molecule has 1 unspecified atom stereocenters. The van der Waals surface area contributed by atoms with Crippen LogP contribution in [0.25, 0.3) is 21.5 Å². The lowest BCUT2D eigenvalue weighted by atomic mass is 9.75. The van der Waals surface area contributed by atoms with Crippen LogP contribution in [-0.2, 0) is 15.4 Å². The molecule has 190 valence electrons. The summed E-state index contributed by atoms with van der Waals surface area (Å²) in [5.74, 6) is 0. The molecule has 4 aromatic carbocycles. The van der Waals surface area contributed by atoms with Crippen LogP contribution < -0.4 is 0 Å². The van der Waals surface area contributed by atoms with Crippen molar-refractivity contribution < 1.29 is 8.76 Å². The fourth-order valence-corrected chi connectivity index (χ4v) is 5.75. The zero-order chi connectivity index (χ0) is 27.0. The molecule has 0 spiro atoms. The highest BCUT2D eigenvalue weighted by Gasteiger charge is 2.25. The summed E-state index contributed by atoms with van der Waals surface area (Å²) in [6.45, 7) is 18.1. The van der Waals surface area contributed by atoms with E-state index in [1.807, 2.05) is 48.5 Å². The summed E-state index contributed by atoms with van der Waals surface area (Å²) >= 11 is 0. The normalized spacial score (nSPS) is 12.4. The molecule has 5 rings (SSSR count). The topological polar surface area (TPSA) is 30.2 Å². The zero-order valence-electron chi connectivity index (χ0n) is 23.3. The molecular formula is C34H38O2P+. The van der Waals surface area contributed by atoms with Gasteiger partial charge in [-0.05, 0) is 82.3 Å². The van der Waals surface area contributed by atoms with E-state index in [9.17, 15) is 4.57 Å². The molecule has 0 aliphatic rings. The summed E-state index contributed by atoms with van der Waals surface area (Å²) in [6, 6.07) is 29.2. The van der Waals surface area contributed by atoms with E-state index in [1.54, 1.807) is 0 Å². The van der Waals surface area contributed by atoms with Crippen molar-refractivity contribution in [2.24, 2.45) is 0 Å². The average molecular weight is 510 g/mol. The summed E-state index contributed by atoms with van der Waals surface area (Å²) < 4.78 is 17.1. The van der Waals surface area contributed by atoms with Crippen LogP contribution in [0.3, 0.4) is 0 Å². The summed E-state index contributed by atoms with van der Waals surface area (Å²) in [5.41, 5.74) is 9.28. The van der Waals surface area contributed by atoms with Gasteiger partial charge in [-0.25, -0.2) is 4.20 Å². The van der Waals surface area contributed by atoms with Gasteiger partial charge in [0.25, 0.3) is 0 Å². The van der Waals surface area contributed by atoms with Gasteiger partial charge in [0.05, 0.1) is 0 Å². The third kappa shape index (κ3) is 5.55. The Balaban J connectivity index is 0.000000184. The third-order valence-corrected chi connectivity index (χ3v) is 8.73. The Labute approximate surface area is 222 Å². The second-order valence-corrected chi connectivity index (χ2v) is 12.7. The second kappa shape index (κ2) is 10.3. The molecule has 5 aromatic rings.